The maximum absolute atomic E-state index is 14.8. The maximum atomic E-state index is 14.8. The van der Waals surface area contributed by atoms with E-state index in [-0.39, 0.29) is 5.92 Å². The zero-order valence-corrected chi connectivity index (χ0v) is 16.0. The number of halogens is 2. The first kappa shape index (κ1) is 19.1. The van der Waals surface area contributed by atoms with Gasteiger partial charge in [0.2, 0.25) is 0 Å². The largest absolute Gasteiger partial charge is 0.203 e. The molecule has 0 unspecified atom stereocenters. The highest BCUT2D eigenvalue weighted by molar-refractivity contribution is 5.85. The van der Waals surface area contributed by atoms with Crippen molar-refractivity contribution in [3.8, 4) is 0 Å². The van der Waals surface area contributed by atoms with Gasteiger partial charge in [-0.2, -0.15) is 0 Å². The van der Waals surface area contributed by atoms with Gasteiger partial charge >= 0.3 is 0 Å². The lowest BCUT2D eigenvalue weighted by atomic mass is 9.78. The summed E-state index contributed by atoms with van der Waals surface area (Å²) in [6.45, 7) is 4.21. The number of rotatable bonds is 6. The molecule has 26 heavy (non-hydrogen) atoms. The van der Waals surface area contributed by atoms with Gasteiger partial charge in [-0.3, -0.25) is 0 Å². The van der Waals surface area contributed by atoms with E-state index in [0.717, 1.165) is 55.9 Å². The smallest absolute Gasteiger partial charge is 0.166 e. The van der Waals surface area contributed by atoms with Gasteiger partial charge in [-0.15, -0.1) is 0 Å². The van der Waals surface area contributed by atoms with Gasteiger partial charge in [-0.05, 0) is 85.9 Å². The zero-order valence-electron chi connectivity index (χ0n) is 16.0. The van der Waals surface area contributed by atoms with Crippen LogP contribution in [0.3, 0.4) is 0 Å². The predicted octanol–water partition coefficient (Wildman–Crippen LogP) is 7.70. The number of allylic oxidation sites excluding steroid dienone is 2. The third-order valence-corrected chi connectivity index (χ3v) is 5.86. The van der Waals surface area contributed by atoms with Crippen molar-refractivity contribution in [1.82, 2.24) is 0 Å². The highest BCUT2D eigenvalue weighted by atomic mass is 19.2. The summed E-state index contributed by atoms with van der Waals surface area (Å²) in [5, 5.41) is 1.26. The number of aryl methyl sites for hydroxylation is 1. The Morgan fingerprint density at radius 3 is 2.46 bits per heavy atom. The third kappa shape index (κ3) is 4.16. The molecule has 1 aliphatic carbocycles. The summed E-state index contributed by atoms with van der Waals surface area (Å²) in [4.78, 5) is 0. The van der Waals surface area contributed by atoms with E-state index < -0.39 is 11.6 Å². The van der Waals surface area contributed by atoms with Crippen molar-refractivity contribution in [3.63, 3.8) is 0 Å². The summed E-state index contributed by atoms with van der Waals surface area (Å²) in [5.74, 6) is -0.557. The molecule has 0 heterocycles. The maximum Gasteiger partial charge on any atom is 0.166 e. The van der Waals surface area contributed by atoms with Crippen LogP contribution >= 0.6 is 0 Å². The Morgan fingerprint density at radius 2 is 1.77 bits per heavy atom. The lowest BCUT2D eigenvalue weighted by molar-refractivity contribution is 0.364. The average molecular weight is 357 g/mol. The van der Waals surface area contributed by atoms with E-state index in [9.17, 15) is 8.78 Å². The second-order valence-corrected chi connectivity index (χ2v) is 7.74. The summed E-state index contributed by atoms with van der Waals surface area (Å²) in [6.07, 6.45) is 12.7. The molecular formula is C24H30F2. The summed E-state index contributed by atoms with van der Waals surface area (Å²) >= 11 is 0. The van der Waals surface area contributed by atoms with E-state index in [2.05, 4.69) is 25.1 Å². The molecule has 0 bridgehead atoms. The zero-order chi connectivity index (χ0) is 18.5. The Morgan fingerprint density at radius 1 is 1.00 bits per heavy atom. The van der Waals surface area contributed by atoms with Gasteiger partial charge in [0.25, 0.3) is 0 Å². The van der Waals surface area contributed by atoms with E-state index in [4.69, 9.17) is 0 Å². The monoisotopic (exact) mass is 356 g/mol. The Balaban J connectivity index is 1.84. The van der Waals surface area contributed by atoms with Gasteiger partial charge in [0.15, 0.2) is 11.6 Å². The van der Waals surface area contributed by atoms with E-state index in [0.29, 0.717) is 16.9 Å². The minimum atomic E-state index is -0.662. The molecule has 1 saturated carbocycles. The molecule has 0 N–H and O–H groups in total. The van der Waals surface area contributed by atoms with Gasteiger partial charge in [0.05, 0.1) is 0 Å². The molecule has 140 valence electrons. The first-order chi connectivity index (χ1) is 12.6. The van der Waals surface area contributed by atoms with Crippen LogP contribution in [0.15, 0.2) is 36.4 Å². The summed E-state index contributed by atoms with van der Waals surface area (Å²) in [6, 6.07) is 7.77. The standard InChI is InChI=1S/C24H30F2/c1-3-5-6-8-18-11-14-20-16-22(24(26)23(25)21(20)15-18)19-12-9-17(7-4-2)10-13-19/h4,7,11,14-17,19H,3,5-6,8-10,12-13H2,1-2H3/b7-4+. The van der Waals surface area contributed by atoms with Gasteiger partial charge in [-0.25, -0.2) is 8.78 Å². The highest BCUT2D eigenvalue weighted by Gasteiger charge is 2.25. The predicted molar refractivity (Wildman–Crippen MR) is 107 cm³/mol. The number of hydrogen-bond acceptors (Lipinski definition) is 0. The van der Waals surface area contributed by atoms with Crippen molar-refractivity contribution in [2.75, 3.05) is 0 Å². The molecule has 1 aliphatic rings. The van der Waals surface area contributed by atoms with Crippen molar-refractivity contribution in [2.24, 2.45) is 5.92 Å². The first-order valence-corrected chi connectivity index (χ1v) is 10.2. The van der Waals surface area contributed by atoms with Crippen LogP contribution in [0.1, 0.15) is 75.8 Å². The third-order valence-electron chi connectivity index (χ3n) is 5.86. The number of hydrogen-bond donors (Lipinski definition) is 0. The molecule has 0 radical (unpaired) electrons. The van der Waals surface area contributed by atoms with Crippen molar-refractivity contribution >= 4 is 10.8 Å². The molecule has 0 nitrogen and oxygen atoms in total. The van der Waals surface area contributed by atoms with Crippen LogP contribution in [0.25, 0.3) is 10.8 Å². The van der Waals surface area contributed by atoms with Crippen LogP contribution in [0, 0.1) is 17.6 Å². The average Bonchev–Trinajstić information content (AvgIpc) is 2.66. The second kappa shape index (κ2) is 8.79. The van der Waals surface area contributed by atoms with Crippen LogP contribution < -0.4 is 0 Å². The topological polar surface area (TPSA) is 0 Å². The normalized spacial score (nSPS) is 20.9. The van der Waals surface area contributed by atoms with Crippen molar-refractivity contribution in [3.05, 3.63) is 59.2 Å². The van der Waals surface area contributed by atoms with Crippen LogP contribution in [0.5, 0.6) is 0 Å². The van der Waals surface area contributed by atoms with E-state index in [1.165, 1.54) is 6.42 Å². The van der Waals surface area contributed by atoms with Crippen LogP contribution in [-0.2, 0) is 6.42 Å². The summed E-state index contributed by atoms with van der Waals surface area (Å²) in [7, 11) is 0. The molecule has 2 aromatic rings. The minimum absolute atomic E-state index is 0.139. The molecule has 3 rings (SSSR count). The Kier molecular flexibility index (Phi) is 6.45. The molecule has 0 spiro atoms. The number of benzene rings is 2. The minimum Gasteiger partial charge on any atom is -0.203 e. The van der Waals surface area contributed by atoms with Crippen LogP contribution in [-0.4, -0.2) is 0 Å². The Bertz CT molecular complexity index is 767. The van der Waals surface area contributed by atoms with Gasteiger partial charge < -0.3 is 0 Å². The van der Waals surface area contributed by atoms with Gasteiger partial charge in [0.1, 0.15) is 0 Å². The quantitative estimate of drug-likeness (QED) is 0.367. The molecule has 0 aromatic heterocycles. The Labute approximate surface area is 156 Å². The van der Waals surface area contributed by atoms with Gasteiger partial charge in [0, 0.05) is 5.39 Å². The fraction of sp³-hybridized carbons (Fsp3) is 0.500. The SMILES string of the molecule is C/C=C/C1CCC(c2cc3ccc(CCCCC)cc3c(F)c2F)CC1. The summed E-state index contributed by atoms with van der Waals surface area (Å²) < 4.78 is 29.6. The van der Waals surface area contributed by atoms with E-state index in [1.807, 2.05) is 25.1 Å². The summed E-state index contributed by atoms with van der Waals surface area (Å²) in [5.41, 5.74) is 1.68. The molecule has 0 aliphatic heterocycles. The lowest BCUT2D eigenvalue weighted by Crippen LogP contribution is -2.13. The van der Waals surface area contributed by atoms with Crippen molar-refractivity contribution in [1.29, 1.82) is 0 Å². The number of fused-ring (bicyclic) bond motifs is 1. The van der Waals surface area contributed by atoms with Crippen molar-refractivity contribution < 1.29 is 8.78 Å². The first-order valence-electron chi connectivity index (χ1n) is 10.2. The van der Waals surface area contributed by atoms with Crippen LogP contribution in [0.4, 0.5) is 8.78 Å². The number of unbranched alkanes of at least 4 members (excludes halogenated alkanes) is 2. The van der Waals surface area contributed by atoms with Crippen molar-refractivity contribution in [2.45, 2.75) is 71.1 Å². The molecular weight excluding hydrogens is 326 g/mol. The molecule has 2 aromatic carbocycles. The lowest BCUT2D eigenvalue weighted by Gasteiger charge is -2.27. The molecule has 0 amide bonds. The van der Waals surface area contributed by atoms with Gasteiger partial charge in [-0.1, -0.05) is 44.1 Å². The van der Waals surface area contributed by atoms with E-state index >= 15 is 0 Å². The highest BCUT2D eigenvalue weighted by Crippen LogP contribution is 2.39. The fourth-order valence-electron chi connectivity index (χ4n) is 4.32. The second-order valence-electron chi connectivity index (χ2n) is 7.74. The van der Waals surface area contributed by atoms with Crippen LogP contribution in [0.2, 0.25) is 0 Å². The fourth-order valence-corrected chi connectivity index (χ4v) is 4.32. The molecule has 0 atom stereocenters. The molecule has 2 heteroatoms. The molecule has 1 fully saturated rings. The molecule has 0 saturated heterocycles. The van der Waals surface area contributed by atoms with E-state index in [1.54, 1.807) is 0 Å². The Hall–Kier alpha value is -1.70.